The molecule has 4 rings (SSSR count). The van der Waals surface area contributed by atoms with Gasteiger partial charge in [-0.05, 0) is 26.0 Å². The lowest BCUT2D eigenvalue weighted by molar-refractivity contribution is -0.676. The molecule has 11 nitrogen and oxygen atoms in total. The van der Waals surface area contributed by atoms with Crippen molar-refractivity contribution < 1.29 is 14.2 Å². The molecule has 2 aromatic heterocycles. The number of hydrogen-bond donors (Lipinski definition) is 4. The Hall–Kier alpha value is -3.44. The number of nitrogens with two attached hydrogens (primary N) is 2. The average molecular weight is 487 g/mol. The van der Waals surface area contributed by atoms with Crippen LogP contribution in [0.3, 0.4) is 0 Å². The third-order valence-corrected chi connectivity index (χ3v) is 6.27. The number of aromatic nitrogens is 4. The molecule has 0 radical (unpaired) electrons. The fraction of sp³-hybridized carbons (Fsp3) is 0.409. The Morgan fingerprint density at radius 1 is 1.18 bits per heavy atom. The minimum absolute atomic E-state index is 0.0118. The predicted molar refractivity (Wildman–Crippen MR) is 129 cm³/mol. The first kappa shape index (κ1) is 23.7. The summed E-state index contributed by atoms with van der Waals surface area (Å²) in [5.41, 5.74) is 13.8. The molecule has 180 valence electrons. The zero-order valence-electron chi connectivity index (χ0n) is 19.3. The number of nitrogen functional groups attached to an aromatic ring is 2. The second-order valence-corrected chi connectivity index (χ2v) is 8.29. The highest BCUT2D eigenvalue weighted by Gasteiger charge is 2.30. The topological polar surface area (TPSA) is 148 Å². The first-order valence-electron chi connectivity index (χ1n) is 11.3. The first-order valence-corrected chi connectivity index (χ1v) is 11.7. The first-order chi connectivity index (χ1) is 16.4. The minimum Gasteiger partial charge on any atom is -0.382 e. The van der Waals surface area contributed by atoms with Gasteiger partial charge in [-0.3, -0.25) is 9.59 Å². The molecular formula is C22H29ClN9O2+. The number of amides is 2. The van der Waals surface area contributed by atoms with Crippen molar-refractivity contribution in [2.45, 2.75) is 33.5 Å². The molecule has 1 fully saturated rings. The smallest absolute Gasteiger partial charge is 0.277 e. The number of nitrogens with zero attached hydrogens (tertiary/aromatic N) is 5. The van der Waals surface area contributed by atoms with Crippen LogP contribution in [0.25, 0.3) is 11.0 Å². The number of anilines is 2. The van der Waals surface area contributed by atoms with E-state index >= 15 is 0 Å². The van der Waals surface area contributed by atoms with Crippen molar-refractivity contribution in [2.24, 2.45) is 0 Å². The van der Waals surface area contributed by atoms with Crippen molar-refractivity contribution in [3.05, 3.63) is 40.4 Å². The number of aryl methyl sites for hydroxylation is 2. The van der Waals surface area contributed by atoms with E-state index in [-0.39, 0.29) is 34.9 Å². The van der Waals surface area contributed by atoms with Gasteiger partial charge in [0, 0.05) is 26.2 Å². The summed E-state index contributed by atoms with van der Waals surface area (Å²) in [5, 5.41) is 6.05. The number of rotatable bonds is 6. The highest BCUT2D eigenvalue weighted by molar-refractivity contribution is 6.31. The largest absolute Gasteiger partial charge is 0.382 e. The lowest BCUT2D eigenvalue weighted by Crippen LogP contribution is -2.47. The van der Waals surface area contributed by atoms with Crippen molar-refractivity contribution in [3.63, 3.8) is 0 Å². The summed E-state index contributed by atoms with van der Waals surface area (Å²) >= 11 is 5.92. The molecule has 3 aromatic rings. The van der Waals surface area contributed by atoms with Gasteiger partial charge in [0.1, 0.15) is 6.54 Å². The number of carbonyl (C=O) groups is 2. The van der Waals surface area contributed by atoms with Crippen LogP contribution in [-0.2, 0) is 19.6 Å². The summed E-state index contributed by atoms with van der Waals surface area (Å²) in [4.78, 5) is 35.9. The van der Waals surface area contributed by atoms with Gasteiger partial charge in [0.2, 0.25) is 0 Å². The number of fused-ring (bicyclic) bond motifs is 1. The average Bonchev–Trinajstić information content (AvgIpc) is 3.17. The van der Waals surface area contributed by atoms with Crippen molar-refractivity contribution in [1.82, 2.24) is 30.1 Å². The molecule has 1 saturated heterocycles. The number of halogens is 1. The van der Waals surface area contributed by atoms with Gasteiger partial charge in [-0.15, -0.1) is 0 Å². The number of imidazole rings is 1. The van der Waals surface area contributed by atoms with Gasteiger partial charge in [-0.2, -0.15) is 0 Å². The molecule has 3 heterocycles. The Bertz CT molecular complexity index is 1250. The second-order valence-electron chi connectivity index (χ2n) is 7.94. The molecule has 34 heavy (non-hydrogen) atoms. The fourth-order valence-electron chi connectivity index (χ4n) is 4.39. The molecule has 6 N–H and O–H groups in total. The molecule has 2 amide bonds. The van der Waals surface area contributed by atoms with Crippen molar-refractivity contribution in [1.29, 1.82) is 0 Å². The normalized spacial score (nSPS) is 13.9. The number of hydrogen-bond acceptors (Lipinski definition) is 7. The molecule has 0 unspecified atom stereocenters. The Kier molecular flexibility index (Phi) is 6.85. The molecule has 1 aliphatic heterocycles. The molecule has 1 aromatic carbocycles. The van der Waals surface area contributed by atoms with E-state index in [1.807, 2.05) is 36.9 Å². The maximum atomic E-state index is 13.4. The van der Waals surface area contributed by atoms with E-state index in [2.05, 4.69) is 29.7 Å². The minimum atomic E-state index is -0.514. The second kappa shape index (κ2) is 9.82. The van der Waals surface area contributed by atoms with Crippen LogP contribution in [0, 0.1) is 0 Å². The standard InChI is InChI=1S/C22H28ClN9O2/c1-3-31-14-7-5-6-13(22(34)30-10-8-26-9-11-30)17(14)32(4-2)15(31)12-27-21(33)16-19(24)29-20(25)18(23)28-16/h5-7,26H,3-4,8-12H2,1-2H3,(H4-,24,25,27,29,33)/p+1. The quantitative estimate of drug-likeness (QED) is 0.372. The summed E-state index contributed by atoms with van der Waals surface area (Å²) in [7, 11) is 0. The predicted octanol–water partition coefficient (Wildman–Crippen LogP) is 0.552. The van der Waals surface area contributed by atoms with Gasteiger partial charge in [-0.25, -0.2) is 19.1 Å². The van der Waals surface area contributed by atoms with Gasteiger partial charge in [0.25, 0.3) is 17.6 Å². The number of piperazine rings is 1. The van der Waals surface area contributed by atoms with Crippen molar-refractivity contribution in [3.8, 4) is 0 Å². The fourth-order valence-corrected chi connectivity index (χ4v) is 4.52. The lowest BCUT2D eigenvalue weighted by atomic mass is 10.1. The SMILES string of the molecule is CCn1c(CNC(=O)c2nc(Cl)c(N)nc2N)[n+](CC)c2c(C(=O)N3CCNCC3)cccc21. The van der Waals surface area contributed by atoms with E-state index in [1.165, 1.54) is 0 Å². The van der Waals surface area contributed by atoms with Gasteiger partial charge < -0.3 is 27.0 Å². The third-order valence-electron chi connectivity index (χ3n) is 5.99. The van der Waals surface area contributed by atoms with Crippen LogP contribution < -0.4 is 26.7 Å². The number of para-hydroxylation sites is 1. The van der Waals surface area contributed by atoms with Crippen LogP contribution >= 0.6 is 11.6 Å². The van der Waals surface area contributed by atoms with E-state index in [0.29, 0.717) is 31.7 Å². The summed E-state index contributed by atoms with van der Waals surface area (Å²) in [6.45, 7) is 8.43. The molecular weight excluding hydrogens is 458 g/mol. The molecule has 12 heteroatoms. The summed E-state index contributed by atoms with van der Waals surface area (Å²) in [5.74, 6) is 0.217. The maximum absolute atomic E-state index is 13.4. The summed E-state index contributed by atoms with van der Waals surface area (Å²) in [6.07, 6.45) is 0. The van der Waals surface area contributed by atoms with Crippen molar-refractivity contribution in [2.75, 3.05) is 37.6 Å². The van der Waals surface area contributed by atoms with Gasteiger partial charge in [0.05, 0.1) is 18.7 Å². The van der Waals surface area contributed by atoms with Crippen LogP contribution in [0.4, 0.5) is 11.6 Å². The molecule has 0 spiro atoms. The maximum Gasteiger partial charge on any atom is 0.277 e. The highest BCUT2D eigenvalue weighted by atomic mass is 35.5. The van der Waals surface area contributed by atoms with E-state index in [4.69, 9.17) is 23.1 Å². The molecule has 1 aliphatic rings. The molecule has 0 atom stereocenters. The Labute approximate surface area is 202 Å². The molecule has 0 saturated carbocycles. The van der Waals surface area contributed by atoms with E-state index in [1.54, 1.807) is 0 Å². The molecule has 0 aliphatic carbocycles. The van der Waals surface area contributed by atoms with E-state index < -0.39 is 5.91 Å². The van der Waals surface area contributed by atoms with Crippen LogP contribution in [0.2, 0.25) is 5.15 Å². The third kappa shape index (κ3) is 4.24. The summed E-state index contributed by atoms with van der Waals surface area (Å²) in [6, 6.07) is 5.76. The van der Waals surface area contributed by atoms with Crippen LogP contribution in [-0.4, -0.2) is 57.4 Å². The zero-order valence-corrected chi connectivity index (χ0v) is 20.0. The lowest BCUT2D eigenvalue weighted by Gasteiger charge is -2.27. The van der Waals surface area contributed by atoms with Crippen LogP contribution in [0.1, 0.15) is 40.5 Å². The number of nitrogens with one attached hydrogen (secondary N) is 2. The molecule has 0 bridgehead atoms. The van der Waals surface area contributed by atoms with Gasteiger partial charge >= 0.3 is 0 Å². The summed E-state index contributed by atoms with van der Waals surface area (Å²) < 4.78 is 4.16. The Morgan fingerprint density at radius 3 is 2.59 bits per heavy atom. The Morgan fingerprint density at radius 2 is 1.91 bits per heavy atom. The number of carbonyl (C=O) groups excluding carboxylic acids is 2. The number of benzene rings is 1. The van der Waals surface area contributed by atoms with E-state index in [0.717, 1.165) is 29.9 Å². The van der Waals surface area contributed by atoms with Gasteiger partial charge in [-0.1, -0.05) is 17.7 Å². The van der Waals surface area contributed by atoms with Gasteiger partial charge in [0.15, 0.2) is 33.5 Å². The highest BCUT2D eigenvalue weighted by Crippen LogP contribution is 2.22. The monoisotopic (exact) mass is 486 g/mol. The van der Waals surface area contributed by atoms with E-state index in [9.17, 15) is 9.59 Å². The zero-order chi connectivity index (χ0) is 24.4. The van der Waals surface area contributed by atoms with Crippen LogP contribution in [0.5, 0.6) is 0 Å². The van der Waals surface area contributed by atoms with Crippen molar-refractivity contribution >= 4 is 46.1 Å². The van der Waals surface area contributed by atoms with Crippen LogP contribution in [0.15, 0.2) is 18.2 Å². The Balaban J connectivity index is 1.71.